The molecule has 0 aromatic carbocycles. The van der Waals surface area contributed by atoms with Crippen LogP contribution in [0.2, 0.25) is 0 Å². The Hall–Kier alpha value is -0.0400. The highest BCUT2D eigenvalue weighted by Gasteiger charge is 2.05. The van der Waals surface area contributed by atoms with Crippen LogP contribution in [0.1, 0.15) is 110 Å². The van der Waals surface area contributed by atoms with Crippen molar-refractivity contribution >= 4 is 0 Å². The smallest absolute Gasteiger partial charge is 0.0930 e. The second-order valence-electron chi connectivity index (χ2n) is 6.09. The average Bonchev–Trinajstić information content (AvgIpc) is 2.41. The fraction of sp³-hybridized carbons (Fsp3) is 1.00. The molecule has 0 bridgehead atoms. The van der Waals surface area contributed by atoms with Crippen LogP contribution in [-0.2, 0) is 5.11 Å². The SMILES string of the molecule is CCCCCCCCCC([O])CCCCCCCC. The third-order valence-corrected chi connectivity index (χ3v) is 4.01. The van der Waals surface area contributed by atoms with E-state index in [1.165, 1.54) is 70.6 Å². The Morgan fingerprint density at radius 1 is 0.526 bits per heavy atom. The number of hydrogen-bond acceptors (Lipinski definition) is 0. The standard InChI is InChI=1S/C18H37O/c1-3-5-7-9-11-13-15-17-18(19)16-14-12-10-8-6-4-2/h18H,3-17H2,1-2H3. The summed E-state index contributed by atoms with van der Waals surface area (Å²) < 4.78 is 0. The maximum Gasteiger partial charge on any atom is 0.0930 e. The molecule has 0 spiro atoms. The highest BCUT2D eigenvalue weighted by atomic mass is 16.3. The molecular weight excluding hydrogens is 232 g/mol. The van der Waals surface area contributed by atoms with Gasteiger partial charge in [0.2, 0.25) is 0 Å². The van der Waals surface area contributed by atoms with Gasteiger partial charge in [0.05, 0.1) is 6.10 Å². The lowest BCUT2D eigenvalue weighted by Crippen LogP contribution is -2.04. The molecule has 1 atom stereocenters. The van der Waals surface area contributed by atoms with Crippen LogP contribution in [0.4, 0.5) is 0 Å². The van der Waals surface area contributed by atoms with Crippen molar-refractivity contribution in [3.8, 4) is 0 Å². The van der Waals surface area contributed by atoms with Gasteiger partial charge in [-0.15, -0.1) is 0 Å². The lowest BCUT2D eigenvalue weighted by atomic mass is 10.0. The van der Waals surface area contributed by atoms with Crippen molar-refractivity contribution in [2.75, 3.05) is 0 Å². The minimum Gasteiger partial charge on any atom is -0.233 e. The summed E-state index contributed by atoms with van der Waals surface area (Å²) in [4.78, 5) is 0. The Bertz CT molecular complexity index is 156. The topological polar surface area (TPSA) is 19.9 Å². The van der Waals surface area contributed by atoms with Crippen LogP contribution >= 0.6 is 0 Å². The Balaban J connectivity index is 3.10. The molecule has 0 fully saturated rings. The van der Waals surface area contributed by atoms with Crippen LogP contribution in [-0.4, -0.2) is 6.10 Å². The van der Waals surface area contributed by atoms with E-state index in [-0.39, 0.29) is 6.10 Å². The number of hydrogen-bond donors (Lipinski definition) is 0. The van der Waals surface area contributed by atoms with E-state index < -0.39 is 0 Å². The Kier molecular flexibility index (Phi) is 16.0. The second-order valence-corrected chi connectivity index (χ2v) is 6.09. The summed E-state index contributed by atoms with van der Waals surface area (Å²) in [6, 6.07) is 0. The van der Waals surface area contributed by atoms with Crippen molar-refractivity contribution in [1.82, 2.24) is 0 Å². The molecule has 19 heavy (non-hydrogen) atoms. The molecule has 1 heteroatoms. The van der Waals surface area contributed by atoms with E-state index in [0.717, 1.165) is 25.7 Å². The van der Waals surface area contributed by atoms with Gasteiger partial charge in [-0.3, -0.25) is 0 Å². The van der Waals surface area contributed by atoms with Gasteiger partial charge < -0.3 is 0 Å². The summed E-state index contributed by atoms with van der Waals surface area (Å²) in [5, 5.41) is 11.8. The fourth-order valence-electron chi connectivity index (χ4n) is 2.63. The first-order valence-corrected chi connectivity index (χ1v) is 8.97. The molecule has 0 aliphatic carbocycles. The first-order valence-electron chi connectivity index (χ1n) is 8.97. The van der Waals surface area contributed by atoms with E-state index in [9.17, 15) is 5.11 Å². The largest absolute Gasteiger partial charge is 0.233 e. The van der Waals surface area contributed by atoms with Crippen LogP contribution in [0, 0.1) is 0 Å². The van der Waals surface area contributed by atoms with Gasteiger partial charge in [-0.1, -0.05) is 97.3 Å². The van der Waals surface area contributed by atoms with Gasteiger partial charge >= 0.3 is 0 Å². The predicted octanol–water partition coefficient (Wildman–Crippen LogP) is 6.68. The first kappa shape index (κ1) is 19.0. The normalized spacial score (nSPS) is 12.8. The molecule has 0 aliphatic rings. The molecule has 0 amide bonds. The van der Waals surface area contributed by atoms with Crippen molar-refractivity contribution in [3.63, 3.8) is 0 Å². The Labute approximate surface area is 122 Å². The van der Waals surface area contributed by atoms with Crippen LogP contribution in [0.5, 0.6) is 0 Å². The lowest BCUT2D eigenvalue weighted by molar-refractivity contribution is 0.0688. The minimum absolute atomic E-state index is 0.276. The molecule has 0 heterocycles. The fourth-order valence-corrected chi connectivity index (χ4v) is 2.63. The zero-order valence-corrected chi connectivity index (χ0v) is 13.6. The maximum atomic E-state index is 11.8. The third-order valence-electron chi connectivity index (χ3n) is 4.01. The van der Waals surface area contributed by atoms with Crippen LogP contribution in [0.25, 0.3) is 0 Å². The molecule has 1 unspecified atom stereocenters. The van der Waals surface area contributed by atoms with Gasteiger partial charge in [-0.25, -0.2) is 5.11 Å². The maximum absolute atomic E-state index is 11.8. The van der Waals surface area contributed by atoms with Crippen LogP contribution in [0.3, 0.4) is 0 Å². The molecule has 0 saturated carbocycles. The van der Waals surface area contributed by atoms with Gasteiger partial charge in [-0.2, -0.15) is 0 Å². The molecule has 0 aliphatic heterocycles. The molecule has 1 nitrogen and oxygen atoms in total. The summed E-state index contributed by atoms with van der Waals surface area (Å²) in [5.74, 6) is 0. The molecular formula is C18H37O. The molecule has 0 N–H and O–H groups in total. The zero-order valence-electron chi connectivity index (χ0n) is 13.6. The molecule has 0 saturated heterocycles. The number of rotatable bonds is 15. The summed E-state index contributed by atoms with van der Waals surface area (Å²) in [6.07, 6.45) is 18.6. The summed E-state index contributed by atoms with van der Waals surface area (Å²) >= 11 is 0. The molecule has 0 aromatic rings. The molecule has 0 rings (SSSR count). The van der Waals surface area contributed by atoms with E-state index in [0.29, 0.717) is 0 Å². The van der Waals surface area contributed by atoms with Crippen molar-refractivity contribution in [1.29, 1.82) is 0 Å². The van der Waals surface area contributed by atoms with Gasteiger partial charge in [0.1, 0.15) is 0 Å². The van der Waals surface area contributed by atoms with Gasteiger partial charge in [0, 0.05) is 0 Å². The van der Waals surface area contributed by atoms with E-state index in [4.69, 9.17) is 0 Å². The molecule has 115 valence electrons. The quantitative estimate of drug-likeness (QED) is 0.296. The zero-order chi connectivity index (χ0) is 14.2. The minimum atomic E-state index is -0.276. The van der Waals surface area contributed by atoms with Crippen molar-refractivity contribution in [3.05, 3.63) is 0 Å². The van der Waals surface area contributed by atoms with E-state index in [1.807, 2.05) is 0 Å². The molecule has 0 aromatic heterocycles. The second kappa shape index (κ2) is 16.0. The summed E-state index contributed by atoms with van der Waals surface area (Å²) in [6.45, 7) is 4.50. The van der Waals surface area contributed by atoms with Crippen molar-refractivity contribution < 1.29 is 5.11 Å². The van der Waals surface area contributed by atoms with E-state index in [1.54, 1.807) is 0 Å². The monoisotopic (exact) mass is 269 g/mol. The molecule has 1 radical (unpaired) electrons. The van der Waals surface area contributed by atoms with Crippen LogP contribution < -0.4 is 0 Å². The van der Waals surface area contributed by atoms with Gasteiger partial charge in [-0.05, 0) is 12.8 Å². The van der Waals surface area contributed by atoms with E-state index in [2.05, 4.69) is 13.8 Å². The van der Waals surface area contributed by atoms with E-state index >= 15 is 0 Å². The van der Waals surface area contributed by atoms with Crippen molar-refractivity contribution in [2.45, 2.75) is 116 Å². The highest BCUT2D eigenvalue weighted by molar-refractivity contribution is 4.57. The number of unbranched alkanes of at least 4 members (excludes halogenated alkanes) is 11. The average molecular weight is 269 g/mol. The first-order chi connectivity index (χ1) is 9.31. The summed E-state index contributed by atoms with van der Waals surface area (Å²) in [7, 11) is 0. The Morgan fingerprint density at radius 3 is 1.21 bits per heavy atom. The lowest BCUT2D eigenvalue weighted by Gasteiger charge is -2.08. The van der Waals surface area contributed by atoms with Crippen molar-refractivity contribution in [2.24, 2.45) is 0 Å². The highest BCUT2D eigenvalue weighted by Crippen LogP contribution is 2.14. The summed E-state index contributed by atoms with van der Waals surface area (Å²) in [5.41, 5.74) is 0. The predicted molar refractivity (Wildman–Crippen MR) is 85.1 cm³/mol. The van der Waals surface area contributed by atoms with Crippen LogP contribution in [0.15, 0.2) is 0 Å². The third kappa shape index (κ3) is 15.9. The van der Waals surface area contributed by atoms with Gasteiger partial charge in [0.15, 0.2) is 0 Å². The Morgan fingerprint density at radius 2 is 0.842 bits per heavy atom. The van der Waals surface area contributed by atoms with Gasteiger partial charge in [0.25, 0.3) is 0 Å².